The van der Waals surface area contributed by atoms with Gasteiger partial charge in [-0.2, -0.15) is 0 Å². The van der Waals surface area contributed by atoms with Gasteiger partial charge in [-0.3, -0.25) is 34.8 Å². The summed E-state index contributed by atoms with van der Waals surface area (Å²) in [6.45, 7) is 0. The number of aromatic nitrogens is 1. The highest BCUT2D eigenvalue weighted by Crippen LogP contribution is 2.26. The van der Waals surface area contributed by atoms with Crippen LogP contribution in [0.1, 0.15) is 30.5 Å². The summed E-state index contributed by atoms with van der Waals surface area (Å²) in [6.07, 6.45) is 8.04. The third kappa shape index (κ3) is 5.16. The van der Waals surface area contributed by atoms with Crippen molar-refractivity contribution in [1.82, 2.24) is 4.98 Å². The minimum Gasteiger partial charge on any atom is -0.289 e. The maximum atomic E-state index is 12.3. The van der Waals surface area contributed by atoms with Crippen LogP contribution in [-0.4, -0.2) is 26.4 Å². The van der Waals surface area contributed by atoms with Crippen molar-refractivity contribution in [1.29, 1.82) is 0 Å². The zero-order chi connectivity index (χ0) is 21.7. The third-order valence-electron chi connectivity index (χ3n) is 3.69. The predicted octanol–water partition coefficient (Wildman–Crippen LogP) is 4.81. The molecule has 0 aliphatic rings. The summed E-state index contributed by atoms with van der Waals surface area (Å²) in [5.74, 6) is -0.822. The lowest BCUT2D eigenvalue weighted by molar-refractivity contribution is -0.380. The number of ketones is 2. The molecule has 0 atom stereocenters. The fourth-order valence-electron chi connectivity index (χ4n) is 2.28. The molecule has 0 aromatic carbocycles. The normalized spacial score (nSPS) is 11.2. The van der Waals surface area contributed by atoms with Crippen molar-refractivity contribution in [3.8, 4) is 0 Å². The molecule has 0 N–H and O–H groups in total. The van der Waals surface area contributed by atoms with Gasteiger partial charge in [-0.15, -0.1) is 0 Å². The van der Waals surface area contributed by atoms with Crippen LogP contribution in [0.5, 0.6) is 0 Å². The Morgan fingerprint density at radius 1 is 0.800 bits per heavy atom. The highest BCUT2D eigenvalue weighted by Gasteiger charge is 2.11. The van der Waals surface area contributed by atoms with Crippen LogP contribution < -0.4 is 0 Å². The van der Waals surface area contributed by atoms with Gasteiger partial charge < -0.3 is 0 Å². The van der Waals surface area contributed by atoms with Gasteiger partial charge in [-0.05, 0) is 42.5 Å². The number of carbonyl (C=O) groups excluding carboxylic acids is 2. The van der Waals surface area contributed by atoms with Crippen LogP contribution in [0.2, 0.25) is 0 Å². The molecule has 0 aliphatic carbocycles. The first-order valence-corrected chi connectivity index (χ1v) is 9.85. The average Bonchev–Trinajstić information content (AvgIpc) is 3.40. The maximum Gasteiger partial charge on any atom is 0.324 e. The second-order valence-electron chi connectivity index (χ2n) is 5.72. The van der Waals surface area contributed by atoms with Crippen LogP contribution in [0.3, 0.4) is 0 Å². The van der Waals surface area contributed by atoms with Crippen LogP contribution in [0.25, 0.3) is 12.2 Å². The van der Waals surface area contributed by atoms with Crippen molar-refractivity contribution in [2.24, 2.45) is 0 Å². The number of allylic oxidation sites excluding steroid dienone is 2. The van der Waals surface area contributed by atoms with E-state index in [1.165, 1.54) is 67.0 Å². The molecule has 30 heavy (non-hydrogen) atoms. The van der Waals surface area contributed by atoms with Gasteiger partial charge in [0.1, 0.15) is 0 Å². The van der Waals surface area contributed by atoms with Gasteiger partial charge in [0.05, 0.1) is 9.85 Å². The van der Waals surface area contributed by atoms with E-state index in [1.807, 2.05) is 0 Å². The number of nitrogens with zero attached hydrogens (tertiary/aromatic N) is 3. The van der Waals surface area contributed by atoms with Crippen molar-refractivity contribution in [3.63, 3.8) is 0 Å². The number of nitro groups is 2. The summed E-state index contributed by atoms with van der Waals surface area (Å²) in [5, 5.41) is 21.3. The van der Waals surface area contributed by atoms with E-state index in [1.54, 1.807) is 0 Å². The SMILES string of the molecule is O=C(C=Cc1ccc([N+](=O)[O-])s1)c1cncc(C(=O)C=Cc2ccc([N+](=O)[O-])s2)c1. The second kappa shape index (κ2) is 9.11. The Kier molecular flexibility index (Phi) is 6.35. The molecule has 3 rings (SSSR count). The molecule has 0 bridgehead atoms. The van der Waals surface area contributed by atoms with E-state index in [9.17, 15) is 29.8 Å². The summed E-state index contributed by atoms with van der Waals surface area (Å²) < 4.78 is 0. The molecule has 9 nitrogen and oxygen atoms in total. The van der Waals surface area contributed by atoms with Gasteiger partial charge in [-0.25, -0.2) is 0 Å². The molecule has 3 aromatic heterocycles. The lowest BCUT2D eigenvalue weighted by Gasteiger charge is -1.99. The predicted molar refractivity (Wildman–Crippen MR) is 113 cm³/mol. The molecule has 0 unspecified atom stereocenters. The van der Waals surface area contributed by atoms with E-state index in [0.29, 0.717) is 9.75 Å². The van der Waals surface area contributed by atoms with Gasteiger partial charge >= 0.3 is 10.0 Å². The Bertz CT molecular complexity index is 1120. The first kappa shape index (κ1) is 20.9. The van der Waals surface area contributed by atoms with E-state index >= 15 is 0 Å². The second-order valence-corrected chi connectivity index (χ2v) is 7.91. The number of hydrogen-bond donors (Lipinski definition) is 0. The van der Waals surface area contributed by atoms with Gasteiger partial charge in [-0.1, -0.05) is 22.7 Å². The Hall–Kier alpha value is -3.83. The quantitative estimate of drug-likeness (QED) is 0.212. The van der Waals surface area contributed by atoms with Crippen LogP contribution in [0.15, 0.2) is 54.9 Å². The van der Waals surface area contributed by atoms with Crippen LogP contribution in [-0.2, 0) is 0 Å². The minimum atomic E-state index is -0.509. The highest BCUT2D eigenvalue weighted by atomic mass is 32.1. The minimum absolute atomic E-state index is 0.0285. The lowest BCUT2D eigenvalue weighted by atomic mass is 10.1. The Morgan fingerprint density at radius 3 is 1.60 bits per heavy atom. The summed E-state index contributed by atoms with van der Waals surface area (Å²) in [4.78, 5) is 50.0. The number of hydrogen-bond acceptors (Lipinski definition) is 9. The summed E-state index contributed by atoms with van der Waals surface area (Å²) >= 11 is 1.87. The Balaban J connectivity index is 1.70. The first-order chi connectivity index (χ1) is 14.3. The number of carbonyl (C=O) groups is 2. The lowest BCUT2D eigenvalue weighted by Crippen LogP contribution is -2.01. The van der Waals surface area contributed by atoms with Crippen molar-refractivity contribution in [2.45, 2.75) is 0 Å². The zero-order valence-corrected chi connectivity index (χ0v) is 16.6. The molecule has 0 spiro atoms. The smallest absolute Gasteiger partial charge is 0.289 e. The first-order valence-electron chi connectivity index (χ1n) is 8.22. The molecular formula is C19H11N3O6S2. The molecule has 11 heteroatoms. The molecule has 3 heterocycles. The highest BCUT2D eigenvalue weighted by molar-refractivity contribution is 7.16. The molecule has 150 valence electrons. The molecule has 0 saturated heterocycles. The van der Waals surface area contributed by atoms with E-state index in [2.05, 4.69) is 4.98 Å². The van der Waals surface area contributed by atoms with Crippen LogP contribution in [0, 0.1) is 20.2 Å². The van der Waals surface area contributed by atoms with E-state index in [0.717, 1.165) is 22.7 Å². The maximum absolute atomic E-state index is 12.3. The Labute approximate surface area is 176 Å². The fraction of sp³-hybridized carbons (Fsp3) is 0. The van der Waals surface area contributed by atoms with Crippen LogP contribution >= 0.6 is 22.7 Å². The summed E-state index contributed by atoms with van der Waals surface area (Å²) in [5.41, 5.74) is 0.367. The molecule has 3 aromatic rings. The molecule has 0 radical (unpaired) electrons. The van der Waals surface area contributed by atoms with Crippen molar-refractivity contribution in [3.05, 3.63) is 96.0 Å². The van der Waals surface area contributed by atoms with E-state index < -0.39 is 21.4 Å². The number of pyridine rings is 1. The van der Waals surface area contributed by atoms with Gasteiger partial charge in [0.25, 0.3) is 0 Å². The van der Waals surface area contributed by atoms with Gasteiger partial charge in [0, 0.05) is 45.4 Å². The van der Waals surface area contributed by atoms with Crippen molar-refractivity contribution in [2.75, 3.05) is 0 Å². The zero-order valence-electron chi connectivity index (χ0n) is 15.0. The van der Waals surface area contributed by atoms with Crippen molar-refractivity contribution >= 4 is 56.4 Å². The third-order valence-corrected chi connectivity index (χ3v) is 5.69. The molecule has 0 amide bonds. The van der Waals surface area contributed by atoms with E-state index in [-0.39, 0.29) is 21.1 Å². The van der Waals surface area contributed by atoms with Crippen LogP contribution in [0.4, 0.5) is 10.0 Å². The fourth-order valence-corrected chi connectivity index (χ4v) is 3.73. The topological polar surface area (TPSA) is 133 Å². The monoisotopic (exact) mass is 441 g/mol. The average molecular weight is 441 g/mol. The number of rotatable bonds is 8. The standard InChI is InChI=1S/C19H11N3O6S2/c23-16(5-1-14-3-7-18(29-14)21(25)26)12-9-13(11-20-10-12)17(24)6-2-15-4-8-19(30-15)22(27)28/h1-11H. The van der Waals surface area contributed by atoms with Gasteiger partial charge in [0.15, 0.2) is 11.6 Å². The summed E-state index contributed by atoms with van der Waals surface area (Å²) in [7, 11) is 0. The molecule has 0 fully saturated rings. The van der Waals surface area contributed by atoms with E-state index in [4.69, 9.17) is 0 Å². The Morgan fingerprint density at radius 2 is 1.23 bits per heavy atom. The number of thiophene rings is 2. The summed E-state index contributed by atoms with van der Waals surface area (Å²) in [6, 6.07) is 7.16. The molecule has 0 aliphatic heterocycles. The van der Waals surface area contributed by atoms with Crippen molar-refractivity contribution < 1.29 is 19.4 Å². The van der Waals surface area contributed by atoms with Gasteiger partial charge in [0.2, 0.25) is 0 Å². The largest absolute Gasteiger partial charge is 0.324 e. The molecule has 0 saturated carbocycles. The molecular weight excluding hydrogens is 430 g/mol.